The lowest BCUT2D eigenvalue weighted by Crippen LogP contribution is -2.68. The number of hydrogen-bond donors (Lipinski definition) is 9. The third-order valence-corrected chi connectivity index (χ3v) is 20.5. The number of hydrogen-bond acceptors (Lipinski definition) is 20. The van der Waals surface area contributed by atoms with Crippen LogP contribution in [0.15, 0.2) is 42.0 Å². The van der Waals surface area contributed by atoms with Gasteiger partial charge in [-0.1, -0.05) is 44.1 Å². The average molecular weight is 1120 g/mol. The van der Waals surface area contributed by atoms with Crippen molar-refractivity contribution in [3.63, 3.8) is 0 Å². The van der Waals surface area contributed by atoms with E-state index in [2.05, 4.69) is 26.8 Å². The van der Waals surface area contributed by atoms with E-state index in [0.717, 1.165) is 56.6 Å². The summed E-state index contributed by atoms with van der Waals surface area (Å²) in [6.45, 7) is 12.0. The second kappa shape index (κ2) is 21.9. The smallest absolute Gasteiger partial charge is 0.331 e. The van der Waals surface area contributed by atoms with Gasteiger partial charge in [-0.2, -0.15) is 0 Å². The normalized spacial score (nSPS) is 48.1. The van der Waals surface area contributed by atoms with Gasteiger partial charge in [0.05, 0.1) is 49.3 Å². The number of rotatable bonds is 15. The zero-order valence-corrected chi connectivity index (χ0v) is 46.0. The SMILES string of the molecule is CC(C)=C[C@H]1CC(C)(O)C2C3CCC4[C@@]5(C)CCC[C@](C)(O[C@H]6OC[C@H](O)[C@H](OC7O[C@H](CO)[C@@H](O)[C@H](O)[C@H]7OC(=O)/C=C/c7ccc(OC(=O)CC(=O)O)cc7)[C@H]6O[C@H]6C[C@H](CO)[C@@H](O)[C@@H]6O)C5CC[C@@]4(C)[C@@]34CO[C@@]2(C4)O1. The number of carbonyl (C=O) groups is 3. The maximum absolute atomic E-state index is 13.5. The number of carboxylic acids is 1. The predicted octanol–water partition coefficient (Wildman–Crippen LogP) is 2.67. The van der Waals surface area contributed by atoms with Gasteiger partial charge in [-0.3, -0.25) is 9.59 Å². The molecule has 10 rings (SSSR count). The Labute approximate surface area is 460 Å². The lowest BCUT2D eigenvalue weighted by molar-refractivity contribution is -0.373. The highest BCUT2D eigenvalue weighted by Gasteiger charge is 2.81. The second-order valence-electron chi connectivity index (χ2n) is 25.6. The summed E-state index contributed by atoms with van der Waals surface area (Å²) in [7, 11) is 0. The number of ether oxygens (including phenoxy) is 9. The Morgan fingerprint density at radius 1 is 0.823 bits per heavy atom. The molecule has 79 heavy (non-hydrogen) atoms. The van der Waals surface area contributed by atoms with Crippen molar-refractivity contribution in [2.75, 3.05) is 26.4 Å². The molecule has 5 saturated carbocycles. The summed E-state index contributed by atoms with van der Waals surface area (Å²) in [4.78, 5) is 36.2. The molecule has 9 aliphatic rings. The van der Waals surface area contributed by atoms with E-state index in [1.165, 1.54) is 30.3 Å². The Morgan fingerprint density at radius 3 is 2.25 bits per heavy atom. The lowest BCUT2D eigenvalue weighted by Gasteiger charge is -2.70. The quantitative estimate of drug-likeness (QED) is 0.0401. The molecule has 6 unspecified atom stereocenters. The molecule has 24 atom stereocenters. The van der Waals surface area contributed by atoms with Crippen LogP contribution in [-0.2, 0) is 52.3 Å². The summed E-state index contributed by atoms with van der Waals surface area (Å²) < 4.78 is 57.5. The molecule has 0 amide bonds. The highest BCUT2D eigenvalue weighted by Crippen LogP contribution is 2.80. The molecular formula is C58H82O21. The van der Waals surface area contributed by atoms with Gasteiger partial charge in [0.15, 0.2) is 24.5 Å². The monoisotopic (exact) mass is 1110 g/mol. The van der Waals surface area contributed by atoms with Crippen molar-refractivity contribution in [3.05, 3.63) is 47.6 Å². The Kier molecular flexibility index (Phi) is 16.3. The van der Waals surface area contributed by atoms with Crippen LogP contribution < -0.4 is 4.74 Å². The van der Waals surface area contributed by atoms with E-state index in [4.69, 9.17) is 47.7 Å². The summed E-state index contributed by atoms with van der Waals surface area (Å²) >= 11 is 0. The molecule has 4 heterocycles. The molecule has 440 valence electrons. The van der Waals surface area contributed by atoms with Crippen LogP contribution in [0.3, 0.4) is 0 Å². The number of esters is 2. The first-order chi connectivity index (χ1) is 37.3. The summed E-state index contributed by atoms with van der Waals surface area (Å²) in [6, 6.07) is 5.73. The molecule has 21 nitrogen and oxygen atoms in total. The number of allylic oxidation sites excluding steroid dienone is 1. The Morgan fingerprint density at radius 2 is 1.57 bits per heavy atom. The second-order valence-corrected chi connectivity index (χ2v) is 25.6. The van der Waals surface area contributed by atoms with E-state index in [1.54, 1.807) is 0 Å². The summed E-state index contributed by atoms with van der Waals surface area (Å²) in [5.41, 5.74) is -0.918. The number of carboxylic acid groups (broad SMARTS) is 1. The molecule has 2 bridgehead atoms. The minimum Gasteiger partial charge on any atom is -0.481 e. The Bertz CT molecular complexity index is 2460. The van der Waals surface area contributed by atoms with Gasteiger partial charge in [-0.15, -0.1) is 0 Å². The molecule has 1 aromatic carbocycles. The first-order valence-corrected chi connectivity index (χ1v) is 28.3. The fraction of sp³-hybridized carbons (Fsp3) is 0.776. The van der Waals surface area contributed by atoms with Crippen molar-refractivity contribution < 1.29 is 103 Å². The van der Waals surface area contributed by atoms with Gasteiger partial charge < -0.3 is 88.6 Å². The van der Waals surface area contributed by atoms with Gasteiger partial charge in [0.1, 0.15) is 54.9 Å². The van der Waals surface area contributed by atoms with Crippen LogP contribution >= 0.6 is 0 Å². The largest absolute Gasteiger partial charge is 0.481 e. The zero-order valence-electron chi connectivity index (χ0n) is 46.0. The van der Waals surface area contributed by atoms with E-state index in [0.29, 0.717) is 25.0 Å². The molecule has 0 aromatic heterocycles. The van der Waals surface area contributed by atoms with Crippen molar-refractivity contribution >= 4 is 24.0 Å². The predicted molar refractivity (Wildman–Crippen MR) is 275 cm³/mol. The van der Waals surface area contributed by atoms with Crippen molar-refractivity contribution in [3.8, 4) is 5.75 Å². The standard InChI is InChI=1S/C58H82O21/c1-29(2)20-33-23-55(5,70)50-34-13-14-38-53(3)17-7-18-56(6,39(53)16-19-54(38,4)57(34)27-58(50,78-33)72-28-57)79-51-49(74-36-21-31(24-59)43(66)44(36)67)47(35(61)26-71-51)77-52-48(46(69)45(68)37(25-60)75-52)76-41(64)15-10-30-8-11-32(12-9-30)73-42(65)22-40(62)63/h8-12,15,20,31,33-39,43-52,59-61,66-70H,7,13-14,16-19,21-28H2,1-6H3,(H,62,63)/b15-10+/t31-,33+,34?,35+,36+,37-,38?,39?,43-,44-,45-,46+,47+,48-,49-,50?,51-,52?,53-,54-,55?,56+,57+,58+/m1/s1. The molecule has 5 aliphatic carbocycles. The third-order valence-electron chi connectivity index (χ3n) is 20.5. The Hall–Kier alpha value is -3.49. The van der Waals surface area contributed by atoms with Gasteiger partial charge in [0, 0.05) is 42.8 Å². The van der Waals surface area contributed by atoms with Crippen molar-refractivity contribution in [2.24, 2.45) is 45.8 Å². The average Bonchev–Trinajstić information content (AvgIpc) is 2.11. The lowest BCUT2D eigenvalue weighted by atomic mass is 9.36. The summed E-state index contributed by atoms with van der Waals surface area (Å²) in [5, 5.41) is 98.4. The number of aliphatic carboxylic acids is 1. The van der Waals surface area contributed by atoms with Crippen molar-refractivity contribution in [1.29, 1.82) is 0 Å². The minimum absolute atomic E-state index is 0.00552. The third kappa shape index (κ3) is 10.4. The van der Waals surface area contributed by atoms with Gasteiger partial charge in [0.2, 0.25) is 0 Å². The van der Waals surface area contributed by atoms with Crippen LogP contribution in [0.5, 0.6) is 5.75 Å². The molecule has 9 N–H and O–H groups in total. The summed E-state index contributed by atoms with van der Waals surface area (Å²) in [5.74, 6) is -4.62. The molecule has 9 fully saturated rings. The molecule has 2 spiro atoms. The minimum atomic E-state index is -1.89. The highest BCUT2D eigenvalue weighted by molar-refractivity contribution is 5.91. The number of fused-ring (bicyclic) bond motifs is 4. The van der Waals surface area contributed by atoms with Crippen molar-refractivity contribution in [2.45, 2.75) is 209 Å². The molecule has 21 heteroatoms. The van der Waals surface area contributed by atoms with Crippen LogP contribution in [0.4, 0.5) is 0 Å². The maximum Gasteiger partial charge on any atom is 0.331 e. The summed E-state index contributed by atoms with van der Waals surface area (Å²) in [6.07, 6.45) is -7.74. The number of carbonyl (C=O) groups excluding carboxylic acids is 2. The van der Waals surface area contributed by atoms with E-state index in [9.17, 15) is 55.2 Å². The molecule has 4 saturated heterocycles. The molecule has 1 aromatic rings. The first-order valence-electron chi connectivity index (χ1n) is 28.3. The number of benzene rings is 1. The van der Waals surface area contributed by atoms with E-state index in [1.807, 2.05) is 20.8 Å². The number of aliphatic hydroxyl groups is 8. The molecule has 4 aliphatic heterocycles. The van der Waals surface area contributed by atoms with E-state index >= 15 is 0 Å². The fourth-order valence-electron chi connectivity index (χ4n) is 17.2. The Balaban J connectivity index is 0.905. The van der Waals surface area contributed by atoms with Crippen LogP contribution in [0.1, 0.15) is 118 Å². The topological polar surface area (TPSA) is 316 Å². The first kappa shape index (κ1) is 58.7. The fourth-order valence-corrected chi connectivity index (χ4v) is 17.2. The van der Waals surface area contributed by atoms with Crippen molar-refractivity contribution in [1.82, 2.24) is 0 Å². The van der Waals surface area contributed by atoms with Gasteiger partial charge >= 0.3 is 17.9 Å². The number of aliphatic hydroxyl groups excluding tert-OH is 7. The zero-order chi connectivity index (χ0) is 56.8. The van der Waals surface area contributed by atoms with Crippen LogP contribution in [0.25, 0.3) is 6.08 Å². The molecular weight excluding hydrogens is 1030 g/mol. The van der Waals surface area contributed by atoms with E-state index in [-0.39, 0.29) is 64.8 Å². The van der Waals surface area contributed by atoms with Gasteiger partial charge in [-0.05, 0) is 125 Å². The highest BCUT2D eigenvalue weighted by atomic mass is 16.8. The van der Waals surface area contributed by atoms with Crippen LogP contribution in [0, 0.1) is 45.8 Å². The molecule has 0 radical (unpaired) electrons. The van der Waals surface area contributed by atoms with Crippen LogP contribution in [0.2, 0.25) is 0 Å². The van der Waals surface area contributed by atoms with E-state index < -0.39 is 134 Å². The van der Waals surface area contributed by atoms with Gasteiger partial charge in [-0.25, -0.2) is 4.79 Å². The van der Waals surface area contributed by atoms with Gasteiger partial charge in [0.25, 0.3) is 0 Å². The van der Waals surface area contributed by atoms with Crippen LogP contribution in [-0.4, -0.2) is 187 Å². The maximum atomic E-state index is 13.5.